The van der Waals surface area contributed by atoms with Crippen LogP contribution in [0.25, 0.3) is 0 Å². The van der Waals surface area contributed by atoms with Gasteiger partial charge in [-0.05, 0) is 17.8 Å². The molecule has 23 heavy (non-hydrogen) atoms. The topological polar surface area (TPSA) is 0 Å². The van der Waals surface area contributed by atoms with Crippen LogP contribution in [0.1, 0.15) is 78.1 Å². The van der Waals surface area contributed by atoms with Gasteiger partial charge in [0.05, 0.1) is 0 Å². The zero-order valence-electron chi connectivity index (χ0n) is 15.3. The molecule has 2 saturated carbocycles. The first-order valence-electron chi connectivity index (χ1n) is 10.1. The first-order valence-corrected chi connectivity index (χ1v) is 10.1. The van der Waals surface area contributed by atoms with E-state index < -0.39 is 0 Å². The molecule has 3 aliphatic carbocycles. The van der Waals surface area contributed by atoms with Gasteiger partial charge in [-0.3, -0.25) is 0 Å². The first kappa shape index (κ1) is 16.9. The van der Waals surface area contributed by atoms with E-state index in [1.54, 1.807) is 5.57 Å². The lowest BCUT2D eigenvalue weighted by Crippen LogP contribution is -2.18. The highest BCUT2D eigenvalue weighted by Gasteiger charge is 2.23. The van der Waals surface area contributed by atoms with Crippen LogP contribution >= 0.6 is 0 Å². The summed E-state index contributed by atoms with van der Waals surface area (Å²) in [5.74, 6) is 3.90. The molecule has 0 heteroatoms. The molecule has 0 nitrogen and oxygen atoms in total. The number of allylic oxidation sites excluding steroid dienone is 6. The fourth-order valence-corrected chi connectivity index (χ4v) is 4.83. The van der Waals surface area contributed by atoms with Crippen molar-refractivity contribution in [2.24, 2.45) is 23.7 Å². The third-order valence-corrected chi connectivity index (χ3v) is 6.71. The molecular weight excluding hydrogens is 276 g/mol. The average molecular weight is 312 g/mol. The van der Waals surface area contributed by atoms with Gasteiger partial charge < -0.3 is 0 Å². The third-order valence-electron chi connectivity index (χ3n) is 6.71. The Bertz CT molecular complexity index is 448. The van der Waals surface area contributed by atoms with E-state index in [4.69, 9.17) is 0 Å². The van der Waals surface area contributed by atoms with Gasteiger partial charge >= 0.3 is 0 Å². The number of hydrogen-bond acceptors (Lipinski definition) is 0. The molecule has 0 aromatic rings. The fourth-order valence-electron chi connectivity index (χ4n) is 4.83. The van der Waals surface area contributed by atoms with Crippen molar-refractivity contribution >= 4 is 0 Å². The first-order chi connectivity index (χ1) is 11.2. The number of hydrogen-bond donors (Lipinski definition) is 0. The second kappa shape index (κ2) is 8.27. The van der Waals surface area contributed by atoms with Crippen LogP contribution in [0.2, 0.25) is 0 Å². The van der Waals surface area contributed by atoms with E-state index in [0.29, 0.717) is 0 Å². The Kier molecular flexibility index (Phi) is 6.08. The summed E-state index contributed by atoms with van der Waals surface area (Å²) < 4.78 is 0. The van der Waals surface area contributed by atoms with Crippen molar-refractivity contribution < 1.29 is 0 Å². The van der Waals surface area contributed by atoms with Crippen molar-refractivity contribution in [2.45, 2.75) is 78.1 Å². The van der Waals surface area contributed by atoms with Crippen LogP contribution in [0.4, 0.5) is 0 Å². The van der Waals surface area contributed by atoms with Gasteiger partial charge in [0, 0.05) is 0 Å². The summed E-state index contributed by atoms with van der Waals surface area (Å²) in [7, 11) is 0. The van der Waals surface area contributed by atoms with E-state index in [0.717, 1.165) is 23.7 Å². The molecule has 0 N–H and O–H groups in total. The highest BCUT2D eigenvalue weighted by Crippen LogP contribution is 2.39. The smallest absolute Gasteiger partial charge is 0.0414 e. The predicted molar refractivity (Wildman–Crippen MR) is 101 cm³/mol. The Hall–Kier alpha value is -0.910. The molecular formula is C23H35-. The molecule has 3 aliphatic rings. The van der Waals surface area contributed by atoms with E-state index in [1.807, 2.05) is 0 Å². The molecule has 0 aliphatic heterocycles. The van der Waals surface area contributed by atoms with Crippen molar-refractivity contribution in [2.75, 3.05) is 0 Å². The minimum absolute atomic E-state index is 0.827. The maximum absolute atomic E-state index is 2.43. The van der Waals surface area contributed by atoms with Crippen molar-refractivity contribution in [3.63, 3.8) is 0 Å². The van der Waals surface area contributed by atoms with Crippen molar-refractivity contribution in [3.05, 3.63) is 41.9 Å². The average Bonchev–Trinajstić information content (AvgIpc) is 2.62. The Morgan fingerprint density at radius 3 is 2.04 bits per heavy atom. The van der Waals surface area contributed by atoms with Gasteiger partial charge in [-0.2, -0.15) is 11.6 Å². The van der Waals surface area contributed by atoms with E-state index >= 15 is 0 Å². The molecule has 2 fully saturated rings. The second-order valence-corrected chi connectivity index (χ2v) is 8.38. The lowest BCUT2D eigenvalue weighted by atomic mass is 9.74. The summed E-state index contributed by atoms with van der Waals surface area (Å²) in [6, 6.07) is 0. The standard InChI is InChI=1S/C23H35/c1-3-19-10-14-22(15-11-19)23-16-12-21(13-17-23)9-8-20-6-4-18(2)5-7-20/h3,10-11,14-15,18,20-21,23H,4-9,12-13,16-17H2,1-2H3/q-1. The maximum atomic E-state index is 2.43. The van der Waals surface area contributed by atoms with Crippen LogP contribution in [0.15, 0.2) is 35.5 Å². The van der Waals surface area contributed by atoms with E-state index in [-0.39, 0.29) is 0 Å². The van der Waals surface area contributed by atoms with Crippen LogP contribution in [-0.4, -0.2) is 0 Å². The summed E-state index contributed by atoms with van der Waals surface area (Å²) in [5.41, 5.74) is 2.93. The Morgan fingerprint density at radius 2 is 1.52 bits per heavy atom. The summed E-state index contributed by atoms with van der Waals surface area (Å²) in [6.45, 7) is 4.55. The van der Waals surface area contributed by atoms with Crippen molar-refractivity contribution in [3.8, 4) is 0 Å². The summed E-state index contributed by atoms with van der Waals surface area (Å²) in [4.78, 5) is 0. The van der Waals surface area contributed by atoms with Gasteiger partial charge in [0.2, 0.25) is 0 Å². The molecule has 0 unspecified atom stereocenters. The van der Waals surface area contributed by atoms with Crippen LogP contribution in [-0.2, 0) is 0 Å². The SMILES string of the molecule is C/C=C1\C=CC(C2CCC(CCC3CCC(C)CC3)CC2)=C[CH-]1. The minimum Gasteiger partial charge on any atom is -0.160 e. The van der Waals surface area contributed by atoms with Gasteiger partial charge in [-0.1, -0.05) is 84.0 Å². The van der Waals surface area contributed by atoms with E-state index in [2.05, 4.69) is 44.6 Å². The maximum Gasteiger partial charge on any atom is -0.0414 e. The van der Waals surface area contributed by atoms with Crippen LogP contribution in [0, 0.1) is 30.1 Å². The van der Waals surface area contributed by atoms with Gasteiger partial charge in [0.1, 0.15) is 0 Å². The molecule has 0 spiro atoms. The predicted octanol–water partition coefficient (Wildman–Crippen LogP) is 7.05. The van der Waals surface area contributed by atoms with E-state index in [1.165, 1.54) is 69.8 Å². The van der Waals surface area contributed by atoms with Gasteiger partial charge in [0.25, 0.3) is 0 Å². The monoisotopic (exact) mass is 311 g/mol. The number of rotatable bonds is 4. The molecule has 0 heterocycles. The Labute approximate surface area is 144 Å². The molecule has 128 valence electrons. The quantitative estimate of drug-likeness (QED) is 0.488. The molecule has 3 rings (SSSR count). The third kappa shape index (κ3) is 4.78. The second-order valence-electron chi connectivity index (χ2n) is 8.38. The zero-order chi connectivity index (χ0) is 16.1. The highest BCUT2D eigenvalue weighted by atomic mass is 14.3. The molecule has 0 saturated heterocycles. The molecule has 0 amide bonds. The highest BCUT2D eigenvalue weighted by molar-refractivity contribution is 5.43. The van der Waals surface area contributed by atoms with Gasteiger partial charge in [0.15, 0.2) is 0 Å². The van der Waals surface area contributed by atoms with Gasteiger partial charge in [-0.15, -0.1) is 30.2 Å². The lowest BCUT2D eigenvalue weighted by molar-refractivity contribution is 0.232. The zero-order valence-corrected chi connectivity index (χ0v) is 15.3. The Balaban J connectivity index is 1.37. The Morgan fingerprint density at radius 1 is 0.913 bits per heavy atom. The fraction of sp³-hybridized carbons (Fsp3) is 0.696. The van der Waals surface area contributed by atoms with Crippen LogP contribution in [0.3, 0.4) is 0 Å². The largest absolute Gasteiger partial charge is 0.160 e. The molecule has 0 atom stereocenters. The van der Waals surface area contributed by atoms with Gasteiger partial charge in [-0.25, -0.2) is 0 Å². The molecule has 0 bridgehead atoms. The van der Waals surface area contributed by atoms with Crippen LogP contribution < -0.4 is 0 Å². The lowest BCUT2D eigenvalue weighted by Gasteiger charge is -2.34. The van der Waals surface area contributed by atoms with Crippen molar-refractivity contribution in [1.29, 1.82) is 0 Å². The summed E-state index contributed by atoms with van der Waals surface area (Å²) >= 11 is 0. The molecule has 0 aromatic heterocycles. The van der Waals surface area contributed by atoms with Crippen molar-refractivity contribution in [1.82, 2.24) is 0 Å². The normalized spacial score (nSPS) is 36.6. The molecule has 0 aromatic carbocycles. The summed E-state index contributed by atoms with van der Waals surface area (Å²) in [5, 5.41) is 0. The minimum atomic E-state index is 0.827. The summed E-state index contributed by atoms with van der Waals surface area (Å²) in [6.07, 6.45) is 26.3. The van der Waals surface area contributed by atoms with Crippen LogP contribution in [0.5, 0.6) is 0 Å². The molecule has 0 radical (unpaired) electrons. The van der Waals surface area contributed by atoms with E-state index in [9.17, 15) is 0 Å².